The lowest BCUT2D eigenvalue weighted by Gasteiger charge is -2.35. The second kappa shape index (κ2) is 9.09. The zero-order valence-corrected chi connectivity index (χ0v) is 17.5. The van der Waals surface area contributed by atoms with Gasteiger partial charge in [-0.25, -0.2) is 4.98 Å². The molecule has 4 rings (SSSR count). The van der Waals surface area contributed by atoms with Gasteiger partial charge >= 0.3 is 0 Å². The fraction of sp³-hybridized carbons (Fsp3) is 0.565. The predicted molar refractivity (Wildman–Crippen MR) is 112 cm³/mol. The fourth-order valence-corrected chi connectivity index (χ4v) is 4.77. The van der Waals surface area contributed by atoms with Crippen LogP contribution in [0.2, 0.25) is 0 Å². The number of piperidine rings is 1. The minimum atomic E-state index is 0.0657. The maximum Gasteiger partial charge on any atom is 0.222 e. The molecule has 0 unspecified atom stereocenters. The van der Waals surface area contributed by atoms with Gasteiger partial charge in [0.1, 0.15) is 0 Å². The predicted octanol–water partition coefficient (Wildman–Crippen LogP) is 2.31. The summed E-state index contributed by atoms with van der Waals surface area (Å²) in [6.45, 7) is 6.70. The molecule has 1 aromatic carbocycles. The number of hydrogen-bond donors (Lipinski definition) is 1. The first-order valence-corrected chi connectivity index (χ1v) is 10.7. The van der Waals surface area contributed by atoms with Gasteiger partial charge in [-0.15, -0.1) is 0 Å². The van der Waals surface area contributed by atoms with Gasteiger partial charge in [0.15, 0.2) is 0 Å². The number of aromatic nitrogens is 2. The van der Waals surface area contributed by atoms with Gasteiger partial charge in [0.25, 0.3) is 0 Å². The molecular formula is C23H32N4O2. The van der Waals surface area contributed by atoms with Gasteiger partial charge in [-0.05, 0) is 31.4 Å². The SMILES string of the molecule is Cc1cccc(CN2CC[C@@H]3[C@@H](CO[C@H]3CC(=O)NCCc3cn(C)cn3)C2)c1. The van der Waals surface area contributed by atoms with Crippen LogP contribution in [0.3, 0.4) is 0 Å². The molecule has 1 aromatic heterocycles. The molecule has 1 amide bonds. The van der Waals surface area contributed by atoms with E-state index in [-0.39, 0.29) is 12.0 Å². The fourth-order valence-electron chi connectivity index (χ4n) is 4.77. The molecule has 0 bridgehead atoms. The highest BCUT2D eigenvalue weighted by Gasteiger charge is 2.41. The third-order valence-corrected chi connectivity index (χ3v) is 6.22. The molecule has 0 radical (unpaired) electrons. The van der Waals surface area contributed by atoms with Crippen molar-refractivity contribution in [1.82, 2.24) is 19.8 Å². The van der Waals surface area contributed by atoms with E-state index in [0.717, 1.165) is 44.8 Å². The van der Waals surface area contributed by atoms with Crippen LogP contribution in [0.1, 0.15) is 29.7 Å². The monoisotopic (exact) mass is 396 g/mol. The molecule has 0 spiro atoms. The van der Waals surface area contributed by atoms with Crippen molar-refractivity contribution in [2.24, 2.45) is 18.9 Å². The van der Waals surface area contributed by atoms with E-state index in [0.29, 0.717) is 24.8 Å². The summed E-state index contributed by atoms with van der Waals surface area (Å²) < 4.78 is 7.98. The summed E-state index contributed by atoms with van der Waals surface area (Å²) in [5.41, 5.74) is 3.70. The van der Waals surface area contributed by atoms with E-state index in [2.05, 4.69) is 46.4 Å². The normalized spacial score (nSPS) is 24.4. The molecule has 6 nitrogen and oxygen atoms in total. The number of fused-ring (bicyclic) bond motifs is 1. The molecule has 6 heteroatoms. The lowest BCUT2D eigenvalue weighted by molar-refractivity contribution is -0.123. The van der Waals surface area contributed by atoms with E-state index in [4.69, 9.17) is 4.74 Å². The van der Waals surface area contributed by atoms with Crippen LogP contribution in [-0.4, -0.2) is 52.7 Å². The van der Waals surface area contributed by atoms with E-state index >= 15 is 0 Å². The second-order valence-electron chi connectivity index (χ2n) is 8.64. The summed E-state index contributed by atoms with van der Waals surface area (Å²) in [4.78, 5) is 19.2. The Bertz CT molecular complexity index is 834. The lowest BCUT2D eigenvalue weighted by Crippen LogP contribution is -2.42. The Morgan fingerprint density at radius 3 is 3.07 bits per heavy atom. The number of aryl methyl sites for hydroxylation is 2. The number of hydrogen-bond acceptors (Lipinski definition) is 4. The number of amides is 1. The number of nitrogens with one attached hydrogen (secondary N) is 1. The molecule has 3 atom stereocenters. The number of likely N-dealkylation sites (tertiary alicyclic amines) is 1. The van der Waals surface area contributed by atoms with E-state index in [1.165, 1.54) is 11.1 Å². The summed E-state index contributed by atoms with van der Waals surface area (Å²) in [7, 11) is 1.95. The van der Waals surface area contributed by atoms with Crippen molar-refractivity contribution in [3.63, 3.8) is 0 Å². The van der Waals surface area contributed by atoms with Crippen molar-refractivity contribution >= 4 is 5.91 Å². The van der Waals surface area contributed by atoms with Crippen molar-refractivity contribution in [3.05, 3.63) is 53.6 Å². The first-order valence-electron chi connectivity index (χ1n) is 10.7. The number of ether oxygens (including phenoxy) is 1. The van der Waals surface area contributed by atoms with Crippen LogP contribution in [0.5, 0.6) is 0 Å². The van der Waals surface area contributed by atoms with Gasteiger partial charge in [0, 0.05) is 45.2 Å². The Kier molecular flexibility index (Phi) is 6.31. The molecule has 2 aromatic rings. The molecule has 3 heterocycles. The molecule has 1 N–H and O–H groups in total. The Morgan fingerprint density at radius 2 is 2.28 bits per heavy atom. The van der Waals surface area contributed by atoms with Gasteiger partial charge in [0.05, 0.1) is 31.2 Å². The zero-order valence-electron chi connectivity index (χ0n) is 17.5. The Labute approximate surface area is 173 Å². The first kappa shape index (κ1) is 20.1. The summed E-state index contributed by atoms with van der Waals surface area (Å²) in [5, 5.41) is 3.03. The van der Waals surface area contributed by atoms with E-state index in [1.807, 2.05) is 17.8 Å². The molecule has 2 aliphatic rings. The molecular weight excluding hydrogens is 364 g/mol. The molecule has 156 valence electrons. The van der Waals surface area contributed by atoms with E-state index in [9.17, 15) is 4.79 Å². The Hall–Kier alpha value is -2.18. The lowest BCUT2D eigenvalue weighted by atomic mass is 9.83. The minimum absolute atomic E-state index is 0.0657. The zero-order chi connectivity index (χ0) is 20.2. The highest BCUT2D eigenvalue weighted by Crippen LogP contribution is 2.36. The van der Waals surface area contributed by atoms with Gasteiger partial charge in [-0.1, -0.05) is 29.8 Å². The maximum absolute atomic E-state index is 12.4. The van der Waals surface area contributed by atoms with Crippen molar-refractivity contribution < 1.29 is 9.53 Å². The number of imidazole rings is 1. The topological polar surface area (TPSA) is 59.4 Å². The van der Waals surface area contributed by atoms with Crippen molar-refractivity contribution in [3.8, 4) is 0 Å². The summed E-state index contributed by atoms with van der Waals surface area (Å²) in [6, 6.07) is 8.77. The highest BCUT2D eigenvalue weighted by atomic mass is 16.5. The van der Waals surface area contributed by atoms with Crippen molar-refractivity contribution in [2.75, 3.05) is 26.2 Å². The molecule has 2 fully saturated rings. The quantitative estimate of drug-likeness (QED) is 0.780. The van der Waals surface area contributed by atoms with Gasteiger partial charge in [-0.2, -0.15) is 0 Å². The van der Waals surface area contributed by atoms with E-state index < -0.39 is 0 Å². The average Bonchev–Trinajstić information content (AvgIpc) is 3.28. The molecule has 0 aliphatic carbocycles. The molecule has 29 heavy (non-hydrogen) atoms. The minimum Gasteiger partial charge on any atom is -0.377 e. The van der Waals surface area contributed by atoms with Crippen molar-refractivity contribution in [2.45, 2.75) is 38.8 Å². The third kappa shape index (κ3) is 5.25. The number of carbonyl (C=O) groups excluding carboxylic acids is 1. The van der Waals surface area contributed by atoms with Crippen LogP contribution in [0, 0.1) is 18.8 Å². The summed E-state index contributed by atoms with van der Waals surface area (Å²) in [5.74, 6) is 1.14. The van der Waals surface area contributed by atoms with Gasteiger partial charge in [0.2, 0.25) is 5.91 Å². The smallest absolute Gasteiger partial charge is 0.222 e. The largest absolute Gasteiger partial charge is 0.377 e. The summed E-state index contributed by atoms with van der Waals surface area (Å²) >= 11 is 0. The standard InChI is InChI=1S/C23H32N4O2/c1-17-4-3-5-18(10-17)12-27-9-7-21-19(13-27)15-29-22(21)11-23(28)24-8-6-20-14-26(2)16-25-20/h3-5,10,14,16,19,21-22H,6-9,11-13,15H2,1-2H3,(H,24,28)/t19-,21-,22+/m1/s1. The average molecular weight is 397 g/mol. The number of benzene rings is 1. The van der Waals surface area contributed by atoms with Crippen molar-refractivity contribution in [1.29, 1.82) is 0 Å². The summed E-state index contributed by atoms with van der Waals surface area (Å²) in [6.07, 6.45) is 6.19. The van der Waals surface area contributed by atoms with Crippen LogP contribution >= 0.6 is 0 Å². The van der Waals surface area contributed by atoms with Crippen LogP contribution < -0.4 is 5.32 Å². The molecule has 0 saturated carbocycles. The Morgan fingerprint density at radius 1 is 1.38 bits per heavy atom. The van der Waals surface area contributed by atoms with E-state index in [1.54, 1.807) is 6.33 Å². The van der Waals surface area contributed by atoms with Crippen LogP contribution in [-0.2, 0) is 29.5 Å². The molecule has 2 saturated heterocycles. The number of nitrogens with zero attached hydrogens (tertiary/aromatic N) is 3. The Balaban J connectivity index is 1.21. The highest BCUT2D eigenvalue weighted by molar-refractivity contribution is 5.76. The number of carbonyl (C=O) groups is 1. The van der Waals surface area contributed by atoms with Crippen LogP contribution in [0.15, 0.2) is 36.8 Å². The molecule has 2 aliphatic heterocycles. The van der Waals surface area contributed by atoms with Crippen LogP contribution in [0.4, 0.5) is 0 Å². The second-order valence-corrected chi connectivity index (χ2v) is 8.64. The maximum atomic E-state index is 12.4. The first-order chi connectivity index (χ1) is 14.1. The third-order valence-electron chi connectivity index (χ3n) is 6.22. The van der Waals surface area contributed by atoms with Crippen LogP contribution in [0.25, 0.3) is 0 Å². The number of rotatable bonds is 7. The van der Waals surface area contributed by atoms with Gasteiger partial charge in [-0.3, -0.25) is 9.69 Å². The van der Waals surface area contributed by atoms with Gasteiger partial charge < -0.3 is 14.6 Å².